The molecule has 0 bridgehead atoms. The number of thiophene rings is 1. The van der Waals surface area contributed by atoms with E-state index in [9.17, 15) is 18.3 Å². The molecule has 0 saturated heterocycles. The predicted octanol–water partition coefficient (Wildman–Crippen LogP) is 2.06. The van der Waals surface area contributed by atoms with Crippen LogP contribution in [0.5, 0.6) is 0 Å². The van der Waals surface area contributed by atoms with Crippen LogP contribution in [0.3, 0.4) is 0 Å². The Hall–Kier alpha value is -3.10. The fourth-order valence-corrected chi connectivity index (χ4v) is 4.94. The number of ketones is 1. The number of Topliss-reactive ketones (excluding diaryl/α,β-unsaturated/α-hetero) is 1. The highest BCUT2D eigenvalue weighted by Gasteiger charge is 2.35. The zero-order valence-electron chi connectivity index (χ0n) is 14.7. The van der Waals surface area contributed by atoms with Crippen LogP contribution >= 0.6 is 11.3 Å². The zero-order chi connectivity index (χ0) is 19.9. The summed E-state index contributed by atoms with van der Waals surface area (Å²) in [5.41, 5.74) is 0.753. The second kappa shape index (κ2) is 6.81. The smallest absolute Gasteiger partial charge is 0.292 e. The van der Waals surface area contributed by atoms with E-state index in [1.54, 1.807) is 48.1 Å². The zero-order valence-corrected chi connectivity index (χ0v) is 16.3. The fraction of sp³-hybridized carbons (Fsp3) is 0.0500. The van der Waals surface area contributed by atoms with Gasteiger partial charge in [0.05, 0.1) is 0 Å². The van der Waals surface area contributed by atoms with Gasteiger partial charge in [-0.05, 0) is 35.8 Å². The Balaban J connectivity index is 2.02. The van der Waals surface area contributed by atoms with Gasteiger partial charge < -0.3 is 5.11 Å². The van der Waals surface area contributed by atoms with Crippen molar-refractivity contribution in [3.05, 3.63) is 83.0 Å². The Morgan fingerprint density at radius 3 is 2.46 bits per heavy atom. The van der Waals surface area contributed by atoms with Gasteiger partial charge in [0.15, 0.2) is 18.1 Å². The summed E-state index contributed by atoms with van der Waals surface area (Å²) in [5.74, 6) is -1.05. The number of carbonyl (C=O) groups is 1. The van der Waals surface area contributed by atoms with Crippen LogP contribution in [-0.2, 0) is 10.0 Å². The molecule has 3 aromatic rings. The molecule has 4 rings (SSSR count). The first-order valence-electron chi connectivity index (χ1n) is 8.31. The number of pyridine rings is 1. The molecule has 8 heteroatoms. The quantitative estimate of drug-likeness (QED) is 0.618. The lowest BCUT2D eigenvalue weighted by molar-refractivity contribution is -0.578. The number of carbonyl (C=O) groups excluding carboxylic acids is 1. The minimum absolute atomic E-state index is 0.00713. The molecule has 0 spiro atoms. The van der Waals surface area contributed by atoms with Gasteiger partial charge in [0.1, 0.15) is 4.21 Å². The van der Waals surface area contributed by atoms with Gasteiger partial charge in [0, 0.05) is 17.2 Å². The van der Waals surface area contributed by atoms with E-state index in [4.69, 9.17) is 0 Å². The van der Waals surface area contributed by atoms with Crippen LogP contribution in [0.15, 0.2) is 74.9 Å². The number of benzene rings is 1. The molecule has 2 heterocycles. The van der Waals surface area contributed by atoms with Gasteiger partial charge in [-0.2, -0.15) is 13.0 Å². The lowest BCUT2D eigenvalue weighted by Gasteiger charge is -2.23. The van der Waals surface area contributed by atoms with Gasteiger partial charge in [-0.1, -0.05) is 30.3 Å². The van der Waals surface area contributed by atoms with E-state index in [-0.39, 0.29) is 26.7 Å². The lowest BCUT2D eigenvalue weighted by Crippen LogP contribution is -2.43. The van der Waals surface area contributed by atoms with Crippen LogP contribution in [0.1, 0.15) is 21.5 Å². The van der Waals surface area contributed by atoms with Crippen molar-refractivity contribution in [3.63, 3.8) is 0 Å². The third kappa shape index (κ3) is 3.06. The maximum Gasteiger partial charge on any atom is 0.292 e. The van der Waals surface area contributed by atoms with Gasteiger partial charge >= 0.3 is 0 Å². The number of rotatable bonds is 3. The van der Waals surface area contributed by atoms with E-state index in [2.05, 4.69) is 4.40 Å². The standard InChI is InChI=1S/C20H14N2O4S2/c1-13-6-4-10-22(12-13)18-17(21-28(25,26)16-9-5-11-27-16)19(23)14-7-2-3-8-15(14)20(18)24/h2-12H,1H3. The number of fused-ring (bicyclic) bond motifs is 1. The Morgan fingerprint density at radius 2 is 1.79 bits per heavy atom. The van der Waals surface area contributed by atoms with Crippen LogP contribution in [-0.4, -0.2) is 19.9 Å². The highest BCUT2D eigenvalue weighted by molar-refractivity contribution is 7.92. The van der Waals surface area contributed by atoms with Crippen LogP contribution in [0.25, 0.3) is 11.5 Å². The molecule has 0 aliphatic heterocycles. The van der Waals surface area contributed by atoms with Crippen LogP contribution in [0, 0.1) is 6.92 Å². The number of aromatic nitrogens is 1. The molecule has 0 amide bonds. The normalized spacial score (nSPS) is 15.8. The van der Waals surface area contributed by atoms with E-state index < -0.39 is 21.6 Å². The molecule has 0 unspecified atom stereocenters. The minimum atomic E-state index is -4.13. The van der Waals surface area contributed by atoms with Crippen molar-refractivity contribution in [1.82, 2.24) is 0 Å². The SMILES string of the molecule is Cc1ccc[n+](C2=C([O-])c3ccccc3C(=O)C2=NS(=O)(=O)c2cccs2)c1. The molecular weight excluding hydrogens is 396 g/mol. The average Bonchev–Trinajstić information content (AvgIpc) is 3.22. The fourth-order valence-electron chi connectivity index (χ4n) is 2.98. The molecule has 1 aromatic carbocycles. The second-order valence-corrected chi connectivity index (χ2v) is 8.97. The Bertz CT molecular complexity index is 1260. The number of allylic oxidation sites excluding steroid dienone is 1. The monoisotopic (exact) mass is 410 g/mol. The van der Waals surface area contributed by atoms with Gasteiger partial charge in [0.25, 0.3) is 10.0 Å². The van der Waals surface area contributed by atoms with Gasteiger partial charge in [-0.3, -0.25) is 4.79 Å². The summed E-state index contributed by atoms with van der Waals surface area (Å²) in [6.07, 6.45) is 3.25. The van der Waals surface area contributed by atoms with Crippen molar-refractivity contribution >= 4 is 44.3 Å². The Morgan fingerprint density at radius 1 is 1.04 bits per heavy atom. The van der Waals surface area contributed by atoms with Crippen molar-refractivity contribution < 1.29 is 22.9 Å². The summed E-state index contributed by atoms with van der Waals surface area (Å²) in [4.78, 5) is 13.1. The molecule has 0 radical (unpaired) electrons. The molecule has 2 aromatic heterocycles. The molecule has 28 heavy (non-hydrogen) atoms. The summed E-state index contributed by atoms with van der Waals surface area (Å²) < 4.78 is 30.7. The molecule has 0 atom stereocenters. The lowest BCUT2D eigenvalue weighted by atomic mass is 9.91. The summed E-state index contributed by atoms with van der Waals surface area (Å²) in [5, 5.41) is 14.8. The molecule has 140 valence electrons. The molecule has 0 saturated carbocycles. The third-order valence-electron chi connectivity index (χ3n) is 4.24. The van der Waals surface area contributed by atoms with Gasteiger partial charge in [-0.25, -0.2) is 0 Å². The minimum Gasteiger partial charge on any atom is -0.867 e. The van der Waals surface area contributed by atoms with E-state index in [0.29, 0.717) is 0 Å². The number of hydrogen-bond acceptors (Lipinski definition) is 5. The Labute approximate surface area is 165 Å². The number of aryl methyl sites for hydroxylation is 1. The van der Waals surface area contributed by atoms with E-state index >= 15 is 0 Å². The molecular formula is C20H14N2O4S2. The van der Waals surface area contributed by atoms with Crippen molar-refractivity contribution in [3.8, 4) is 0 Å². The number of hydrogen-bond donors (Lipinski definition) is 0. The molecule has 1 aliphatic rings. The predicted molar refractivity (Wildman–Crippen MR) is 104 cm³/mol. The van der Waals surface area contributed by atoms with Crippen LogP contribution in [0.4, 0.5) is 0 Å². The summed E-state index contributed by atoms with van der Waals surface area (Å²) in [6.45, 7) is 1.83. The average molecular weight is 410 g/mol. The largest absolute Gasteiger partial charge is 0.867 e. The van der Waals surface area contributed by atoms with Gasteiger partial charge in [0.2, 0.25) is 11.5 Å². The number of nitrogens with zero attached hydrogens (tertiary/aromatic N) is 2. The first kappa shape index (κ1) is 18.3. The highest BCUT2D eigenvalue weighted by Crippen LogP contribution is 2.28. The molecule has 0 N–H and O–H groups in total. The summed E-state index contributed by atoms with van der Waals surface area (Å²) >= 11 is 0.998. The molecule has 6 nitrogen and oxygen atoms in total. The molecule has 0 fully saturated rings. The maximum atomic E-state index is 13.2. The molecule has 1 aliphatic carbocycles. The maximum absolute atomic E-state index is 13.2. The van der Waals surface area contributed by atoms with Gasteiger partial charge in [-0.15, -0.1) is 15.7 Å². The first-order valence-corrected chi connectivity index (χ1v) is 10.6. The first-order chi connectivity index (χ1) is 13.4. The van der Waals surface area contributed by atoms with E-state index in [0.717, 1.165) is 16.9 Å². The summed E-state index contributed by atoms with van der Waals surface area (Å²) in [7, 11) is -4.13. The Kier molecular flexibility index (Phi) is 4.44. The highest BCUT2D eigenvalue weighted by atomic mass is 32.2. The topological polar surface area (TPSA) is 90.5 Å². The second-order valence-electron chi connectivity index (χ2n) is 6.19. The van der Waals surface area contributed by atoms with E-state index in [1.165, 1.54) is 16.7 Å². The van der Waals surface area contributed by atoms with Crippen molar-refractivity contribution in [1.29, 1.82) is 0 Å². The van der Waals surface area contributed by atoms with Crippen molar-refractivity contribution in [2.24, 2.45) is 4.40 Å². The summed E-state index contributed by atoms with van der Waals surface area (Å²) in [6, 6.07) is 12.9. The van der Waals surface area contributed by atoms with Crippen LogP contribution < -0.4 is 9.67 Å². The van der Waals surface area contributed by atoms with Crippen LogP contribution in [0.2, 0.25) is 0 Å². The van der Waals surface area contributed by atoms with Crippen molar-refractivity contribution in [2.75, 3.05) is 0 Å². The number of sulfonamides is 1. The van der Waals surface area contributed by atoms with Crippen molar-refractivity contribution in [2.45, 2.75) is 11.1 Å². The van der Waals surface area contributed by atoms with E-state index in [1.807, 2.05) is 13.0 Å². The third-order valence-corrected chi connectivity index (χ3v) is 6.89.